The molecule has 2 N–H and O–H groups in total. The summed E-state index contributed by atoms with van der Waals surface area (Å²) in [5.74, 6) is 0.651. The number of hydrogen-bond acceptors (Lipinski definition) is 4. The third kappa shape index (κ3) is 3.81. The summed E-state index contributed by atoms with van der Waals surface area (Å²) < 4.78 is 0. The van der Waals surface area contributed by atoms with Gasteiger partial charge in [0.2, 0.25) is 0 Å². The van der Waals surface area contributed by atoms with E-state index in [2.05, 4.69) is 36.3 Å². The highest BCUT2D eigenvalue weighted by Crippen LogP contribution is 2.26. The molecule has 0 aliphatic carbocycles. The van der Waals surface area contributed by atoms with Gasteiger partial charge >= 0.3 is 0 Å². The second kappa shape index (κ2) is 5.94. The van der Waals surface area contributed by atoms with Gasteiger partial charge in [0.15, 0.2) is 11.0 Å². The van der Waals surface area contributed by atoms with Crippen LogP contribution in [-0.2, 0) is 0 Å². The standard InChI is InChI=1S/C15H20ClN3O/c1-15(2,3)8-10(20)9-17-14-12-7-5-4-6-11(12)13(16)18-19-14/h4-7,10,20H,8-9H2,1-3H3,(H,17,19). The molecule has 2 rings (SSSR count). The van der Waals surface area contributed by atoms with Gasteiger partial charge in [0.25, 0.3) is 0 Å². The zero-order chi connectivity index (χ0) is 14.8. The fraction of sp³-hybridized carbons (Fsp3) is 0.467. The molecule has 20 heavy (non-hydrogen) atoms. The molecule has 1 aromatic heterocycles. The van der Waals surface area contributed by atoms with Gasteiger partial charge in [-0.25, -0.2) is 0 Å². The minimum Gasteiger partial charge on any atom is -0.391 e. The van der Waals surface area contributed by atoms with Crippen LogP contribution in [0.2, 0.25) is 5.15 Å². The maximum atomic E-state index is 10.0. The summed E-state index contributed by atoms with van der Waals surface area (Å²) in [6, 6.07) is 7.68. The number of nitrogens with zero attached hydrogens (tertiary/aromatic N) is 2. The summed E-state index contributed by atoms with van der Waals surface area (Å²) in [5, 5.41) is 23.4. The van der Waals surface area contributed by atoms with E-state index in [1.165, 1.54) is 0 Å². The Morgan fingerprint density at radius 2 is 1.85 bits per heavy atom. The van der Waals surface area contributed by atoms with Crippen molar-refractivity contribution in [1.82, 2.24) is 10.2 Å². The highest BCUT2D eigenvalue weighted by molar-refractivity contribution is 6.34. The van der Waals surface area contributed by atoms with Crippen molar-refractivity contribution in [3.8, 4) is 0 Å². The fourth-order valence-electron chi connectivity index (χ4n) is 2.20. The lowest BCUT2D eigenvalue weighted by Crippen LogP contribution is -2.25. The van der Waals surface area contributed by atoms with E-state index >= 15 is 0 Å². The Kier molecular flexibility index (Phi) is 4.45. The predicted molar refractivity (Wildman–Crippen MR) is 83.1 cm³/mol. The van der Waals surface area contributed by atoms with Crippen LogP contribution in [0.15, 0.2) is 24.3 Å². The molecule has 1 atom stereocenters. The minimum absolute atomic E-state index is 0.0921. The number of aromatic nitrogens is 2. The van der Waals surface area contributed by atoms with E-state index in [0.29, 0.717) is 17.5 Å². The molecule has 0 amide bonds. The van der Waals surface area contributed by atoms with Crippen molar-refractivity contribution in [3.05, 3.63) is 29.4 Å². The molecular weight excluding hydrogens is 274 g/mol. The van der Waals surface area contributed by atoms with Gasteiger partial charge in [-0.2, -0.15) is 0 Å². The van der Waals surface area contributed by atoms with Gasteiger partial charge in [0, 0.05) is 17.3 Å². The number of aliphatic hydroxyl groups excluding tert-OH is 1. The van der Waals surface area contributed by atoms with Crippen LogP contribution in [0, 0.1) is 5.41 Å². The van der Waals surface area contributed by atoms with Crippen LogP contribution < -0.4 is 5.32 Å². The smallest absolute Gasteiger partial charge is 0.159 e. The van der Waals surface area contributed by atoms with Crippen LogP contribution in [0.3, 0.4) is 0 Å². The van der Waals surface area contributed by atoms with Gasteiger partial charge in [-0.15, -0.1) is 10.2 Å². The Labute approximate surface area is 124 Å². The summed E-state index contributed by atoms with van der Waals surface area (Å²) in [5.41, 5.74) is 0.0921. The second-order valence-electron chi connectivity index (χ2n) is 6.18. The topological polar surface area (TPSA) is 58.0 Å². The molecule has 108 valence electrons. The molecular formula is C15H20ClN3O. The molecule has 4 nitrogen and oxygen atoms in total. The maximum absolute atomic E-state index is 10.0. The Hall–Kier alpha value is -1.39. The Morgan fingerprint density at radius 3 is 2.50 bits per heavy atom. The molecule has 0 aliphatic rings. The van der Waals surface area contributed by atoms with Crippen molar-refractivity contribution < 1.29 is 5.11 Å². The average molecular weight is 294 g/mol. The third-order valence-corrected chi connectivity index (χ3v) is 3.27. The van der Waals surface area contributed by atoms with E-state index in [1.54, 1.807) is 0 Å². The summed E-state index contributed by atoms with van der Waals surface area (Å²) in [4.78, 5) is 0. The zero-order valence-corrected chi connectivity index (χ0v) is 12.8. The number of hydrogen-bond donors (Lipinski definition) is 2. The van der Waals surface area contributed by atoms with Gasteiger partial charge in [-0.05, 0) is 11.8 Å². The van der Waals surface area contributed by atoms with Crippen molar-refractivity contribution in [2.75, 3.05) is 11.9 Å². The molecule has 0 bridgehead atoms. The molecule has 0 aliphatic heterocycles. The number of anilines is 1. The van der Waals surface area contributed by atoms with Crippen LogP contribution in [0.5, 0.6) is 0 Å². The lowest BCUT2D eigenvalue weighted by molar-refractivity contribution is 0.132. The van der Waals surface area contributed by atoms with E-state index in [1.807, 2.05) is 24.3 Å². The second-order valence-corrected chi connectivity index (χ2v) is 6.54. The Balaban J connectivity index is 2.13. The van der Waals surface area contributed by atoms with Gasteiger partial charge in [-0.1, -0.05) is 56.6 Å². The molecule has 0 fully saturated rings. The van der Waals surface area contributed by atoms with Crippen molar-refractivity contribution in [3.63, 3.8) is 0 Å². The number of rotatable bonds is 4. The van der Waals surface area contributed by atoms with Crippen molar-refractivity contribution >= 4 is 28.2 Å². The average Bonchev–Trinajstić information content (AvgIpc) is 2.36. The van der Waals surface area contributed by atoms with E-state index < -0.39 is 6.10 Å². The van der Waals surface area contributed by atoms with E-state index in [0.717, 1.165) is 17.2 Å². The monoisotopic (exact) mass is 293 g/mol. The molecule has 2 aromatic rings. The van der Waals surface area contributed by atoms with Crippen molar-refractivity contribution in [1.29, 1.82) is 0 Å². The molecule has 0 spiro atoms. The van der Waals surface area contributed by atoms with Crippen molar-refractivity contribution in [2.45, 2.75) is 33.3 Å². The Bertz CT molecular complexity index is 595. The summed E-state index contributed by atoms with van der Waals surface area (Å²) in [6.45, 7) is 6.76. The first kappa shape index (κ1) is 15.0. The molecule has 0 radical (unpaired) electrons. The number of fused-ring (bicyclic) bond motifs is 1. The molecule has 1 unspecified atom stereocenters. The molecule has 5 heteroatoms. The third-order valence-electron chi connectivity index (χ3n) is 3.00. The van der Waals surface area contributed by atoms with Gasteiger partial charge in [0.05, 0.1) is 6.10 Å². The van der Waals surface area contributed by atoms with E-state index in [4.69, 9.17) is 11.6 Å². The number of benzene rings is 1. The first-order valence-electron chi connectivity index (χ1n) is 6.70. The van der Waals surface area contributed by atoms with Crippen LogP contribution in [0.1, 0.15) is 27.2 Å². The molecule has 0 saturated carbocycles. The minimum atomic E-state index is -0.425. The van der Waals surface area contributed by atoms with Gasteiger partial charge in [-0.3, -0.25) is 0 Å². The molecule has 0 saturated heterocycles. The van der Waals surface area contributed by atoms with E-state index in [-0.39, 0.29) is 5.41 Å². The SMILES string of the molecule is CC(C)(C)CC(O)CNc1nnc(Cl)c2ccccc12. The van der Waals surface area contributed by atoms with Crippen LogP contribution >= 0.6 is 11.6 Å². The normalized spacial score (nSPS) is 13.4. The van der Waals surface area contributed by atoms with Gasteiger partial charge < -0.3 is 10.4 Å². The summed E-state index contributed by atoms with van der Waals surface area (Å²) in [7, 11) is 0. The van der Waals surface area contributed by atoms with Crippen LogP contribution in [-0.4, -0.2) is 28.0 Å². The summed E-state index contributed by atoms with van der Waals surface area (Å²) >= 11 is 6.03. The highest BCUT2D eigenvalue weighted by atomic mass is 35.5. The van der Waals surface area contributed by atoms with Gasteiger partial charge in [0.1, 0.15) is 0 Å². The lowest BCUT2D eigenvalue weighted by Gasteiger charge is -2.22. The maximum Gasteiger partial charge on any atom is 0.159 e. The number of nitrogens with one attached hydrogen (secondary N) is 1. The van der Waals surface area contributed by atoms with Crippen LogP contribution in [0.25, 0.3) is 10.8 Å². The molecule has 1 heterocycles. The Morgan fingerprint density at radius 1 is 1.20 bits per heavy atom. The highest BCUT2D eigenvalue weighted by Gasteiger charge is 2.17. The largest absolute Gasteiger partial charge is 0.391 e. The lowest BCUT2D eigenvalue weighted by atomic mass is 9.89. The predicted octanol–water partition coefficient (Wildman–Crippen LogP) is 3.49. The first-order valence-corrected chi connectivity index (χ1v) is 7.07. The quantitative estimate of drug-likeness (QED) is 0.906. The number of aliphatic hydroxyl groups is 1. The summed E-state index contributed by atoms with van der Waals surface area (Å²) in [6.07, 6.45) is 0.296. The zero-order valence-electron chi connectivity index (χ0n) is 12.0. The van der Waals surface area contributed by atoms with Crippen molar-refractivity contribution in [2.24, 2.45) is 5.41 Å². The fourth-order valence-corrected chi connectivity index (χ4v) is 2.40. The number of halogens is 1. The van der Waals surface area contributed by atoms with E-state index in [9.17, 15) is 5.11 Å². The first-order chi connectivity index (χ1) is 9.37. The molecule has 1 aromatic carbocycles. The van der Waals surface area contributed by atoms with Crippen LogP contribution in [0.4, 0.5) is 5.82 Å².